The molecule has 0 fully saturated rings. The van der Waals surface area contributed by atoms with E-state index < -0.39 is 0 Å². The zero-order valence-electron chi connectivity index (χ0n) is 13.1. The average Bonchev–Trinajstić information content (AvgIpc) is 2.51. The first kappa shape index (κ1) is 16.5. The van der Waals surface area contributed by atoms with Crippen LogP contribution in [0.3, 0.4) is 0 Å². The van der Waals surface area contributed by atoms with Gasteiger partial charge in [-0.15, -0.1) is 0 Å². The highest BCUT2D eigenvalue weighted by Gasteiger charge is 2.14. The van der Waals surface area contributed by atoms with Gasteiger partial charge < -0.3 is 10.2 Å². The van der Waals surface area contributed by atoms with Crippen molar-refractivity contribution < 1.29 is 19.8 Å². The first-order chi connectivity index (χ1) is 10.8. The monoisotopic (exact) mass is 310 g/mol. The molecule has 0 heterocycles. The lowest BCUT2D eigenvalue weighted by molar-refractivity contribution is 0.111. The number of carbonyl (C=O) groups excluding carboxylic acids is 2. The summed E-state index contributed by atoms with van der Waals surface area (Å²) in [5.74, 6) is -0.186. The van der Waals surface area contributed by atoms with Gasteiger partial charge in [0.15, 0.2) is 12.6 Å². The molecule has 0 aliphatic rings. The molecule has 2 N–H and O–H groups in total. The predicted molar refractivity (Wildman–Crippen MR) is 89.6 cm³/mol. The molecular formula is C19H18O4. The van der Waals surface area contributed by atoms with E-state index in [4.69, 9.17) is 0 Å². The van der Waals surface area contributed by atoms with Crippen LogP contribution in [0.25, 0.3) is 13.2 Å². The van der Waals surface area contributed by atoms with Crippen molar-refractivity contribution in [1.29, 1.82) is 0 Å². The highest BCUT2D eigenvalue weighted by atomic mass is 16.3. The topological polar surface area (TPSA) is 74.6 Å². The fourth-order valence-electron chi connectivity index (χ4n) is 2.67. The molecule has 2 rings (SSSR count). The number of aldehydes is 2. The maximum absolute atomic E-state index is 11.2. The molecule has 0 aliphatic heterocycles. The Kier molecular flexibility index (Phi) is 4.36. The van der Waals surface area contributed by atoms with Crippen LogP contribution >= 0.6 is 0 Å². The number of rotatable bonds is 4. The number of aromatic hydroxyl groups is 2. The van der Waals surface area contributed by atoms with Gasteiger partial charge in [-0.2, -0.15) is 0 Å². The van der Waals surface area contributed by atoms with Crippen molar-refractivity contribution in [3.63, 3.8) is 0 Å². The van der Waals surface area contributed by atoms with Crippen LogP contribution in [0.2, 0.25) is 0 Å². The van der Waals surface area contributed by atoms with E-state index in [1.807, 2.05) is 0 Å². The molecule has 2 aromatic rings. The standard InChI is InChI=1S/C19H18O4/c1-10-5-14(12(3)16(8-20)18(10)22)7-15-6-11(2)19(23)17(9-21)13(15)4/h5-6,8-9,22-23H,1,3,7H2,2,4H3. The van der Waals surface area contributed by atoms with Crippen LogP contribution in [0.4, 0.5) is 0 Å². The summed E-state index contributed by atoms with van der Waals surface area (Å²) in [7, 11) is 0. The van der Waals surface area contributed by atoms with Gasteiger partial charge >= 0.3 is 0 Å². The molecule has 4 nitrogen and oxygen atoms in total. The lowest BCUT2D eigenvalue weighted by Gasteiger charge is -2.13. The van der Waals surface area contributed by atoms with Gasteiger partial charge in [-0.25, -0.2) is 0 Å². The summed E-state index contributed by atoms with van der Waals surface area (Å²) >= 11 is 0. The van der Waals surface area contributed by atoms with Crippen molar-refractivity contribution in [3.8, 4) is 11.5 Å². The van der Waals surface area contributed by atoms with E-state index in [2.05, 4.69) is 13.2 Å². The molecular weight excluding hydrogens is 292 g/mol. The van der Waals surface area contributed by atoms with E-state index in [-0.39, 0.29) is 22.6 Å². The largest absolute Gasteiger partial charge is 0.507 e. The number of benzene rings is 2. The van der Waals surface area contributed by atoms with E-state index in [1.54, 1.807) is 26.0 Å². The quantitative estimate of drug-likeness (QED) is 0.844. The number of aryl methyl sites for hydroxylation is 1. The Morgan fingerprint density at radius 3 is 2.13 bits per heavy atom. The molecule has 0 amide bonds. The Balaban J connectivity index is 2.66. The van der Waals surface area contributed by atoms with Crippen molar-refractivity contribution in [1.82, 2.24) is 0 Å². The summed E-state index contributed by atoms with van der Waals surface area (Å²) in [5.41, 5.74) is 3.23. The maximum atomic E-state index is 11.2. The van der Waals surface area contributed by atoms with Crippen LogP contribution < -0.4 is 10.4 Å². The molecule has 0 atom stereocenters. The Morgan fingerprint density at radius 2 is 1.57 bits per heavy atom. The highest BCUT2D eigenvalue weighted by Crippen LogP contribution is 2.28. The smallest absolute Gasteiger partial charge is 0.154 e. The summed E-state index contributed by atoms with van der Waals surface area (Å²) in [6.45, 7) is 11.1. The van der Waals surface area contributed by atoms with Crippen molar-refractivity contribution in [2.45, 2.75) is 20.3 Å². The zero-order valence-corrected chi connectivity index (χ0v) is 13.1. The van der Waals surface area contributed by atoms with Gasteiger partial charge in [0, 0.05) is 5.22 Å². The van der Waals surface area contributed by atoms with Gasteiger partial charge in [0.25, 0.3) is 0 Å². The summed E-state index contributed by atoms with van der Waals surface area (Å²) in [4.78, 5) is 22.4. The van der Waals surface area contributed by atoms with Gasteiger partial charge in [-0.05, 0) is 53.8 Å². The molecule has 118 valence electrons. The zero-order chi connectivity index (χ0) is 17.3. The number of phenolic OH excluding ortho intramolecular Hbond substituents is 2. The number of phenols is 2. The van der Waals surface area contributed by atoms with E-state index in [0.29, 0.717) is 40.6 Å². The Bertz CT molecular complexity index is 910. The Labute approximate surface area is 134 Å². The van der Waals surface area contributed by atoms with E-state index >= 15 is 0 Å². The average molecular weight is 310 g/mol. The minimum absolute atomic E-state index is 0.0202. The Hall–Kier alpha value is -2.88. The second-order valence-electron chi connectivity index (χ2n) is 5.59. The SMILES string of the molecule is C=c1cc(Cc2cc(C)c(O)c(C=O)c2C)c(=C)c(C=O)c1O. The normalized spacial score (nSPS) is 10.5. The van der Waals surface area contributed by atoms with Gasteiger partial charge in [0.05, 0.1) is 11.1 Å². The van der Waals surface area contributed by atoms with Gasteiger partial charge in [-0.3, -0.25) is 9.59 Å². The second-order valence-corrected chi connectivity index (χ2v) is 5.59. The highest BCUT2D eigenvalue weighted by molar-refractivity contribution is 5.83. The first-order valence-corrected chi connectivity index (χ1v) is 7.06. The molecule has 0 aromatic heterocycles. The van der Waals surface area contributed by atoms with Gasteiger partial charge in [0.2, 0.25) is 0 Å². The molecule has 0 saturated carbocycles. The van der Waals surface area contributed by atoms with Crippen molar-refractivity contribution in [3.05, 3.63) is 56.0 Å². The number of hydrogen-bond acceptors (Lipinski definition) is 4. The molecule has 0 unspecified atom stereocenters. The van der Waals surface area contributed by atoms with E-state index in [0.717, 1.165) is 11.1 Å². The predicted octanol–water partition coefficient (Wildman–Crippen LogP) is 1.75. The van der Waals surface area contributed by atoms with Crippen LogP contribution in [-0.4, -0.2) is 22.8 Å². The third-order valence-electron chi connectivity index (χ3n) is 4.14. The number of carbonyl (C=O) groups is 2. The summed E-state index contributed by atoms with van der Waals surface area (Å²) < 4.78 is 0. The molecule has 4 heteroatoms. The maximum Gasteiger partial charge on any atom is 0.154 e. The van der Waals surface area contributed by atoms with Crippen LogP contribution in [0.1, 0.15) is 43.0 Å². The van der Waals surface area contributed by atoms with E-state index in [1.165, 1.54) is 0 Å². The van der Waals surface area contributed by atoms with E-state index in [9.17, 15) is 19.8 Å². The summed E-state index contributed by atoms with van der Waals surface area (Å²) in [6.07, 6.45) is 1.60. The third-order valence-corrected chi connectivity index (χ3v) is 4.14. The van der Waals surface area contributed by atoms with Crippen LogP contribution in [0.15, 0.2) is 12.1 Å². The molecule has 0 saturated heterocycles. The molecule has 0 spiro atoms. The summed E-state index contributed by atoms with van der Waals surface area (Å²) in [6, 6.07) is 3.47. The molecule has 0 aliphatic carbocycles. The lowest BCUT2D eigenvalue weighted by Crippen LogP contribution is -2.20. The molecule has 23 heavy (non-hydrogen) atoms. The molecule has 2 aromatic carbocycles. The van der Waals surface area contributed by atoms with Crippen LogP contribution in [-0.2, 0) is 6.42 Å². The van der Waals surface area contributed by atoms with Gasteiger partial charge in [0.1, 0.15) is 11.5 Å². The molecule has 0 radical (unpaired) electrons. The van der Waals surface area contributed by atoms with Crippen LogP contribution in [0.5, 0.6) is 11.5 Å². The lowest BCUT2D eigenvalue weighted by atomic mass is 9.92. The fraction of sp³-hybridized carbons (Fsp3) is 0.158. The van der Waals surface area contributed by atoms with Crippen LogP contribution in [0, 0.1) is 13.8 Å². The third kappa shape index (κ3) is 2.75. The minimum Gasteiger partial charge on any atom is -0.507 e. The van der Waals surface area contributed by atoms with Crippen molar-refractivity contribution in [2.75, 3.05) is 0 Å². The number of hydrogen-bond donors (Lipinski definition) is 2. The minimum atomic E-state index is -0.166. The first-order valence-electron chi connectivity index (χ1n) is 7.06. The molecule has 0 bridgehead atoms. The van der Waals surface area contributed by atoms with Crippen molar-refractivity contribution >= 4 is 25.7 Å². The fourth-order valence-corrected chi connectivity index (χ4v) is 2.67. The summed E-state index contributed by atoms with van der Waals surface area (Å²) in [5, 5.41) is 20.6. The van der Waals surface area contributed by atoms with Crippen molar-refractivity contribution in [2.24, 2.45) is 0 Å². The van der Waals surface area contributed by atoms with Gasteiger partial charge in [-0.1, -0.05) is 19.2 Å². The Morgan fingerprint density at radius 1 is 0.957 bits per heavy atom. The second kappa shape index (κ2) is 6.08.